The zero-order valence-corrected chi connectivity index (χ0v) is 35.5. The molecule has 0 radical (unpaired) electrons. The topological polar surface area (TPSA) is 12.5 Å². The highest BCUT2D eigenvalue weighted by atomic mass is 16.5. The van der Waals surface area contributed by atoms with Crippen molar-refractivity contribution in [3.05, 3.63) is 271 Å². The first kappa shape index (κ1) is 37.1. The van der Waals surface area contributed by atoms with Crippen LogP contribution in [0.5, 0.6) is 11.5 Å². The highest BCUT2D eigenvalue weighted by Crippen LogP contribution is 2.64. The van der Waals surface area contributed by atoms with Crippen LogP contribution in [0.2, 0.25) is 0 Å². The molecule has 0 saturated carbocycles. The Hall–Kier alpha value is -8.46. The zero-order valence-electron chi connectivity index (χ0n) is 35.5. The number of nitrogens with zero attached hydrogens (tertiary/aromatic N) is 1. The minimum absolute atomic E-state index is 0.673. The summed E-state index contributed by atoms with van der Waals surface area (Å²) in [7, 11) is 0. The Morgan fingerprint density at radius 3 is 1.37 bits per heavy atom. The van der Waals surface area contributed by atoms with Crippen molar-refractivity contribution in [1.82, 2.24) is 0 Å². The average Bonchev–Trinajstić information content (AvgIpc) is 3.67. The minimum Gasteiger partial charge on any atom is -0.455 e. The first-order valence-electron chi connectivity index (χ1n) is 22.4. The molecular weight excluding hydrogens is 787 g/mol. The van der Waals surface area contributed by atoms with Crippen molar-refractivity contribution in [3.8, 4) is 56.0 Å². The van der Waals surface area contributed by atoms with E-state index in [1.165, 1.54) is 55.6 Å². The molecule has 65 heavy (non-hydrogen) atoms. The van der Waals surface area contributed by atoms with E-state index in [9.17, 15) is 0 Å². The second-order valence-corrected chi connectivity index (χ2v) is 17.2. The summed E-state index contributed by atoms with van der Waals surface area (Å²) in [5.41, 5.74) is 16.9. The Balaban J connectivity index is 1.09. The van der Waals surface area contributed by atoms with Crippen molar-refractivity contribution in [2.24, 2.45) is 0 Å². The van der Waals surface area contributed by atoms with E-state index in [1.54, 1.807) is 0 Å². The largest absolute Gasteiger partial charge is 0.455 e. The fraction of sp³-hybridized carbons (Fsp3) is 0.0159. The first-order chi connectivity index (χ1) is 32.2. The van der Waals surface area contributed by atoms with E-state index >= 15 is 0 Å². The van der Waals surface area contributed by atoms with Crippen LogP contribution >= 0.6 is 0 Å². The summed E-state index contributed by atoms with van der Waals surface area (Å²) in [4.78, 5) is 2.44. The smallest absolute Gasteiger partial charge is 0.140 e. The molecule has 0 bridgehead atoms. The average molecular weight is 828 g/mol. The van der Waals surface area contributed by atoms with Crippen molar-refractivity contribution in [2.45, 2.75) is 5.41 Å². The van der Waals surface area contributed by atoms with Crippen molar-refractivity contribution in [2.75, 3.05) is 4.90 Å². The number of hydrogen-bond acceptors (Lipinski definition) is 2. The van der Waals surface area contributed by atoms with Crippen molar-refractivity contribution in [1.29, 1.82) is 0 Å². The van der Waals surface area contributed by atoms with E-state index in [-0.39, 0.29) is 0 Å². The number of anilines is 3. The van der Waals surface area contributed by atoms with Gasteiger partial charge in [-0.25, -0.2) is 0 Å². The highest BCUT2D eigenvalue weighted by Gasteiger charge is 2.52. The van der Waals surface area contributed by atoms with Gasteiger partial charge in [-0.1, -0.05) is 212 Å². The molecule has 1 aliphatic heterocycles. The quantitative estimate of drug-likeness (QED) is 0.166. The summed E-state index contributed by atoms with van der Waals surface area (Å²) in [6, 6.07) is 90.7. The molecule has 1 spiro atoms. The first-order valence-corrected chi connectivity index (χ1v) is 22.4. The number of rotatable bonds is 6. The Morgan fingerprint density at radius 2 is 0.738 bits per heavy atom. The van der Waals surface area contributed by atoms with E-state index in [0.29, 0.717) is 0 Å². The lowest BCUT2D eigenvalue weighted by molar-refractivity contribution is 0.447. The lowest BCUT2D eigenvalue weighted by atomic mass is 9.65. The van der Waals surface area contributed by atoms with Crippen molar-refractivity contribution < 1.29 is 4.74 Å². The van der Waals surface area contributed by atoms with Gasteiger partial charge in [-0.2, -0.15) is 0 Å². The van der Waals surface area contributed by atoms with Gasteiger partial charge in [0.25, 0.3) is 0 Å². The summed E-state index contributed by atoms with van der Waals surface area (Å²) in [6.45, 7) is 0. The molecular formula is C63H41NO. The Labute approximate surface area is 378 Å². The van der Waals surface area contributed by atoms with E-state index in [0.717, 1.165) is 61.2 Å². The van der Waals surface area contributed by atoms with Gasteiger partial charge in [-0.15, -0.1) is 0 Å². The monoisotopic (exact) mass is 827 g/mol. The van der Waals surface area contributed by atoms with Crippen LogP contribution in [-0.2, 0) is 5.41 Å². The fourth-order valence-corrected chi connectivity index (χ4v) is 10.8. The molecule has 0 amide bonds. The van der Waals surface area contributed by atoms with Gasteiger partial charge in [0, 0.05) is 39.0 Å². The molecule has 0 unspecified atom stereocenters. The van der Waals surface area contributed by atoms with Crippen LogP contribution in [-0.4, -0.2) is 0 Å². The second-order valence-electron chi connectivity index (χ2n) is 17.2. The summed E-state index contributed by atoms with van der Waals surface area (Å²) < 4.78 is 7.28. The SMILES string of the molecule is c1ccc(-c2ccc(N(c3ccc(-c4ccccc4)c(-c4ccccc4)c3)c3ccc4c(c3)C3(c5ccccc5-4)c4ccc5ccccc5c4Oc4c3ccc3ccccc43)cc2)cc1. The predicted molar refractivity (Wildman–Crippen MR) is 270 cm³/mol. The Morgan fingerprint density at radius 1 is 0.277 bits per heavy atom. The highest BCUT2D eigenvalue weighted by molar-refractivity contribution is 6.00. The second kappa shape index (κ2) is 14.8. The molecule has 1 heterocycles. The molecule has 1 aliphatic carbocycles. The summed E-state index contributed by atoms with van der Waals surface area (Å²) >= 11 is 0. The van der Waals surface area contributed by atoms with Crippen LogP contribution in [0.3, 0.4) is 0 Å². The lowest BCUT2D eigenvalue weighted by Crippen LogP contribution is -2.32. The third kappa shape index (κ3) is 5.74. The summed E-state index contributed by atoms with van der Waals surface area (Å²) in [5, 5.41) is 4.53. The normalized spacial score (nSPS) is 12.9. The van der Waals surface area contributed by atoms with Crippen LogP contribution in [0.1, 0.15) is 22.3 Å². The molecule has 0 aromatic heterocycles. The summed E-state index contributed by atoms with van der Waals surface area (Å²) in [5.74, 6) is 1.83. The lowest BCUT2D eigenvalue weighted by Gasteiger charge is -2.40. The standard InChI is InChI=1S/C63H41NO/c1-4-16-42(17-5-1)43-28-32-48(33-29-43)64(49-34-36-51(44-18-6-2-7-19-44)56(40-49)45-20-8-3-9-21-45)50-35-37-55-54-26-14-15-27-57(54)63(60(55)41-50)58-38-30-46-22-10-12-24-52(46)61(58)65-62-53-25-13-11-23-47(53)31-39-59(62)63/h1-41H. The number of hydrogen-bond donors (Lipinski definition) is 0. The molecule has 0 N–H and O–H groups in total. The van der Waals surface area contributed by atoms with E-state index in [4.69, 9.17) is 4.74 Å². The zero-order chi connectivity index (χ0) is 42.9. The van der Waals surface area contributed by atoms with Crippen LogP contribution in [0.15, 0.2) is 249 Å². The molecule has 11 aromatic carbocycles. The molecule has 0 fully saturated rings. The van der Waals surface area contributed by atoms with Gasteiger partial charge in [-0.05, 0) is 103 Å². The van der Waals surface area contributed by atoms with E-state index < -0.39 is 5.41 Å². The van der Waals surface area contributed by atoms with Gasteiger partial charge < -0.3 is 9.64 Å². The van der Waals surface area contributed by atoms with Crippen molar-refractivity contribution >= 4 is 38.6 Å². The maximum atomic E-state index is 7.28. The number of benzene rings is 11. The maximum Gasteiger partial charge on any atom is 0.140 e. The molecule has 2 aliphatic rings. The number of ether oxygens (including phenoxy) is 1. The number of fused-ring (bicyclic) bond motifs is 13. The molecule has 0 atom stereocenters. The van der Waals surface area contributed by atoms with Gasteiger partial charge in [-0.3, -0.25) is 0 Å². The predicted octanol–water partition coefficient (Wildman–Crippen LogP) is 16.9. The fourth-order valence-electron chi connectivity index (χ4n) is 10.8. The van der Waals surface area contributed by atoms with E-state index in [2.05, 4.69) is 254 Å². The van der Waals surface area contributed by atoms with Crippen LogP contribution < -0.4 is 9.64 Å². The van der Waals surface area contributed by atoms with Crippen LogP contribution in [0, 0.1) is 0 Å². The molecule has 11 aromatic rings. The Kier molecular flexibility index (Phi) is 8.47. The molecule has 0 saturated heterocycles. The van der Waals surface area contributed by atoms with Crippen molar-refractivity contribution in [3.63, 3.8) is 0 Å². The van der Waals surface area contributed by atoms with Crippen LogP contribution in [0.25, 0.3) is 66.1 Å². The summed E-state index contributed by atoms with van der Waals surface area (Å²) in [6.07, 6.45) is 0. The van der Waals surface area contributed by atoms with Gasteiger partial charge in [0.05, 0.1) is 5.41 Å². The third-order valence-electron chi connectivity index (χ3n) is 13.7. The van der Waals surface area contributed by atoms with Crippen LogP contribution in [0.4, 0.5) is 17.1 Å². The molecule has 2 heteroatoms. The van der Waals surface area contributed by atoms with Gasteiger partial charge >= 0.3 is 0 Å². The van der Waals surface area contributed by atoms with E-state index in [1.807, 2.05) is 0 Å². The molecule has 2 nitrogen and oxygen atoms in total. The maximum absolute atomic E-state index is 7.28. The van der Waals surface area contributed by atoms with Gasteiger partial charge in [0.2, 0.25) is 0 Å². The molecule has 304 valence electrons. The third-order valence-corrected chi connectivity index (χ3v) is 13.7. The van der Waals surface area contributed by atoms with Gasteiger partial charge in [0.1, 0.15) is 11.5 Å². The van der Waals surface area contributed by atoms with Gasteiger partial charge in [0.15, 0.2) is 0 Å². The Bertz CT molecular complexity index is 3530. The minimum atomic E-state index is -0.673. The molecule has 13 rings (SSSR count).